The highest BCUT2D eigenvalue weighted by Crippen LogP contribution is 2.32. The molecule has 39 heavy (non-hydrogen) atoms. The summed E-state index contributed by atoms with van der Waals surface area (Å²) in [5.41, 5.74) is 5.63. The molecule has 2 aliphatic rings. The van der Waals surface area contributed by atoms with E-state index in [1.165, 1.54) is 5.56 Å². The summed E-state index contributed by atoms with van der Waals surface area (Å²) in [6.07, 6.45) is 3.29. The van der Waals surface area contributed by atoms with Crippen LogP contribution in [0.4, 0.5) is 11.5 Å². The van der Waals surface area contributed by atoms with Gasteiger partial charge in [0, 0.05) is 55.7 Å². The zero-order valence-corrected chi connectivity index (χ0v) is 23.0. The van der Waals surface area contributed by atoms with Crippen molar-refractivity contribution in [2.45, 2.75) is 52.1 Å². The van der Waals surface area contributed by atoms with Crippen molar-refractivity contribution in [1.29, 1.82) is 0 Å². The van der Waals surface area contributed by atoms with Crippen LogP contribution in [0.2, 0.25) is 0 Å². The number of hydrogen-bond acceptors (Lipinski definition) is 5. The Hall–Kier alpha value is -4.20. The normalized spacial score (nSPS) is 15.5. The van der Waals surface area contributed by atoms with Gasteiger partial charge in [-0.15, -0.1) is 0 Å². The number of nitrogens with one attached hydrogen (secondary N) is 2. The number of nitrogens with zero attached hydrogens (tertiary/aromatic N) is 3. The van der Waals surface area contributed by atoms with Crippen LogP contribution in [0.25, 0.3) is 0 Å². The highest BCUT2D eigenvalue weighted by molar-refractivity contribution is 6.05. The maximum atomic E-state index is 13.4. The summed E-state index contributed by atoms with van der Waals surface area (Å²) < 4.78 is 0. The summed E-state index contributed by atoms with van der Waals surface area (Å²) in [6.45, 7) is 7.94. The lowest BCUT2D eigenvalue weighted by molar-refractivity contribution is 0.0712. The fraction of sp³-hybridized carbons (Fsp3) is 0.355. The van der Waals surface area contributed by atoms with Gasteiger partial charge < -0.3 is 20.4 Å². The van der Waals surface area contributed by atoms with Gasteiger partial charge in [-0.25, -0.2) is 4.98 Å². The predicted octanol–water partition coefficient (Wildman–Crippen LogP) is 5.07. The second-order valence-electron chi connectivity index (χ2n) is 10.9. The number of fused-ring (bicyclic) bond motifs is 1. The van der Waals surface area contributed by atoms with Gasteiger partial charge in [0.05, 0.1) is 5.56 Å². The van der Waals surface area contributed by atoms with Crippen LogP contribution in [0, 0.1) is 6.92 Å². The second-order valence-corrected chi connectivity index (χ2v) is 10.9. The lowest BCUT2D eigenvalue weighted by atomic mass is 9.87. The quantitative estimate of drug-likeness (QED) is 0.469. The molecule has 3 aromatic rings. The Kier molecular flexibility index (Phi) is 7.37. The van der Waals surface area contributed by atoms with Crippen LogP contribution >= 0.6 is 0 Å². The Balaban J connectivity index is 1.22. The molecule has 1 aromatic heterocycles. The number of pyridine rings is 1. The number of amides is 3. The standard InChI is InChI=1S/C31H35N5O3/c1-19(2)33-28-10-8-24(17-32-28)29(37)34-27-16-23(6-5-20(27)3)30(38)36-13-11-21(12-14-36)22-7-9-26-25(15-22)18-35(4)31(26)39/h5-10,15-17,19,21H,11-14,18H2,1-4H3,(H,32,33)(H,34,37). The number of benzene rings is 2. The molecule has 8 nitrogen and oxygen atoms in total. The zero-order chi connectivity index (χ0) is 27.7. The molecule has 0 radical (unpaired) electrons. The maximum absolute atomic E-state index is 13.4. The van der Waals surface area contributed by atoms with Gasteiger partial charge in [-0.2, -0.15) is 0 Å². The van der Waals surface area contributed by atoms with Crippen LogP contribution in [0.3, 0.4) is 0 Å². The number of piperidine rings is 1. The average Bonchev–Trinajstić information content (AvgIpc) is 3.22. The van der Waals surface area contributed by atoms with Crippen LogP contribution in [0.5, 0.6) is 0 Å². The number of rotatable bonds is 6. The lowest BCUT2D eigenvalue weighted by Crippen LogP contribution is -2.38. The molecule has 2 N–H and O–H groups in total. The predicted molar refractivity (Wildman–Crippen MR) is 152 cm³/mol. The van der Waals surface area contributed by atoms with Crippen molar-refractivity contribution in [2.75, 3.05) is 30.8 Å². The Morgan fingerprint density at radius 3 is 2.44 bits per heavy atom. The molecule has 3 heterocycles. The van der Waals surface area contributed by atoms with Gasteiger partial charge in [0.1, 0.15) is 5.82 Å². The van der Waals surface area contributed by atoms with Crippen LogP contribution in [-0.2, 0) is 6.54 Å². The Morgan fingerprint density at radius 2 is 1.74 bits per heavy atom. The molecule has 5 rings (SSSR count). The first-order chi connectivity index (χ1) is 18.7. The van der Waals surface area contributed by atoms with Crippen molar-refractivity contribution < 1.29 is 14.4 Å². The van der Waals surface area contributed by atoms with Gasteiger partial charge in [0.2, 0.25) is 0 Å². The molecule has 3 amide bonds. The van der Waals surface area contributed by atoms with Gasteiger partial charge >= 0.3 is 0 Å². The smallest absolute Gasteiger partial charge is 0.257 e. The summed E-state index contributed by atoms with van der Waals surface area (Å²) in [7, 11) is 1.83. The molecule has 202 valence electrons. The molecular formula is C31H35N5O3. The number of anilines is 2. The van der Waals surface area contributed by atoms with Gasteiger partial charge in [0.25, 0.3) is 17.7 Å². The summed E-state index contributed by atoms with van der Waals surface area (Å²) in [5.74, 6) is 0.862. The second kappa shape index (κ2) is 10.9. The first-order valence-electron chi connectivity index (χ1n) is 13.5. The molecule has 2 aliphatic heterocycles. The molecule has 8 heteroatoms. The summed E-state index contributed by atoms with van der Waals surface area (Å²) in [4.78, 5) is 46.4. The van der Waals surface area contributed by atoms with Crippen LogP contribution in [0.1, 0.15) is 80.4 Å². The van der Waals surface area contributed by atoms with Crippen molar-refractivity contribution in [3.05, 3.63) is 88.1 Å². The molecule has 1 saturated heterocycles. The van der Waals surface area contributed by atoms with E-state index in [4.69, 9.17) is 0 Å². The highest BCUT2D eigenvalue weighted by Gasteiger charge is 2.28. The van der Waals surface area contributed by atoms with E-state index in [9.17, 15) is 14.4 Å². The minimum atomic E-state index is -0.269. The van der Waals surface area contributed by atoms with Crippen molar-refractivity contribution in [2.24, 2.45) is 0 Å². The number of likely N-dealkylation sites (tertiary alicyclic amines) is 1. The van der Waals surface area contributed by atoms with E-state index >= 15 is 0 Å². The molecule has 0 bridgehead atoms. The number of carbonyl (C=O) groups excluding carboxylic acids is 3. The monoisotopic (exact) mass is 525 g/mol. The highest BCUT2D eigenvalue weighted by atomic mass is 16.2. The van der Waals surface area contributed by atoms with E-state index in [-0.39, 0.29) is 23.8 Å². The average molecular weight is 526 g/mol. The van der Waals surface area contributed by atoms with Crippen molar-refractivity contribution in [3.8, 4) is 0 Å². The summed E-state index contributed by atoms with van der Waals surface area (Å²) in [5, 5.41) is 6.15. The van der Waals surface area contributed by atoms with Gasteiger partial charge in [-0.05, 0) is 86.6 Å². The van der Waals surface area contributed by atoms with E-state index in [1.807, 2.05) is 50.9 Å². The first-order valence-corrected chi connectivity index (χ1v) is 13.5. The summed E-state index contributed by atoms with van der Waals surface area (Å²) >= 11 is 0. The van der Waals surface area contributed by atoms with Crippen LogP contribution in [0.15, 0.2) is 54.7 Å². The van der Waals surface area contributed by atoms with Crippen molar-refractivity contribution in [1.82, 2.24) is 14.8 Å². The van der Waals surface area contributed by atoms with Crippen LogP contribution in [-0.4, -0.2) is 58.7 Å². The molecule has 1 fully saturated rings. The van der Waals surface area contributed by atoms with E-state index in [0.29, 0.717) is 48.2 Å². The minimum Gasteiger partial charge on any atom is -0.368 e. The van der Waals surface area contributed by atoms with Crippen molar-refractivity contribution >= 4 is 29.2 Å². The number of aromatic nitrogens is 1. The van der Waals surface area contributed by atoms with Gasteiger partial charge in [0.15, 0.2) is 0 Å². The zero-order valence-electron chi connectivity index (χ0n) is 23.0. The lowest BCUT2D eigenvalue weighted by Gasteiger charge is -2.32. The molecule has 0 atom stereocenters. The van der Waals surface area contributed by atoms with Gasteiger partial charge in [-0.1, -0.05) is 18.2 Å². The number of hydrogen-bond donors (Lipinski definition) is 2. The third kappa shape index (κ3) is 5.65. The third-order valence-electron chi connectivity index (χ3n) is 7.56. The van der Waals surface area contributed by atoms with E-state index in [2.05, 4.69) is 27.8 Å². The maximum Gasteiger partial charge on any atom is 0.257 e. The molecular weight excluding hydrogens is 490 g/mol. The third-order valence-corrected chi connectivity index (χ3v) is 7.56. The fourth-order valence-corrected chi connectivity index (χ4v) is 5.33. The first kappa shape index (κ1) is 26.4. The largest absolute Gasteiger partial charge is 0.368 e. The Labute approximate surface area is 229 Å². The van der Waals surface area contributed by atoms with E-state index < -0.39 is 0 Å². The molecule has 2 aromatic carbocycles. The molecule has 0 saturated carbocycles. The molecule has 0 unspecified atom stereocenters. The Morgan fingerprint density at radius 1 is 1.00 bits per heavy atom. The van der Waals surface area contributed by atoms with Gasteiger partial charge in [-0.3, -0.25) is 14.4 Å². The topological polar surface area (TPSA) is 94.6 Å². The minimum absolute atomic E-state index is 0.0316. The van der Waals surface area contributed by atoms with Crippen molar-refractivity contribution in [3.63, 3.8) is 0 Å². The van der Waals surface area contributed by atoms with E-state index in [0.717, 1.165) is 29.5 Å². The SMILES string of the molecule is Cc1ccc(C(=O)N2CCC(c3ccc4c(c3)CN(C)C4=O)CC2)cc1NC(=O)c1ccc(NC(C)C)nc1. The van der Waals surface area contributed by atoms with Crippen LogP contribution < -0.4 is 10.6 Å². The number of carbonyl (C=O) groups is 3. The molecule has 0 aliphatic carbocycles. The fourth-order valence-electron chi connectivity index (χ4n) is 5.33. The van der Waals surface area contributed by atoms with E-state index in [1.54, 1.807) is 29.3 Å². The number of aryl methyl sites for hydroxylation is 1. The summed E-state index contributed by atoms with van der Waals surface area (Å²) in [6, 6.07) is 15.4. The molecule has 0 spiro atoms. The Bertz CT molecular complexity index is 1410.